The van der Waals surface area contributed by atoms with Crippen molar-refractivity contribution < 1.29 is 24.9 Å². The number of carboxylic acids is 1. The number of carbonyl (C=O) groups is 1. The topological polar surface area (TPSA) is 87.0 Å². The maximum atomic E-state index is 10.2. The number of carboxylic acid groups (broad SMARTS) is 1. The molecular weight excluding hydrogens is 200 g/mol. The molecule has 0 spiro atoms. The van der Waals surface area contributed by atoms with Crippen LogP contribution in [-0.2, 0) is 4.79 Å². The molecule has 1 rings (SSSR count). The number of phenols is 2. The number of phenolic OH excluding ortho intramolecular Hbond substituents is 2. The van der Waals surface area contributed by atoms with Gasteiger partial charge in [-0.1, -0.05) is 0 Å². The third kappa shape index (κ3) is 2.63. The van der Waals surface area contributed by atoms with Crippen LogP contribution >= 0.6 is 0 Å². The molecule has 0 heterocycles. The smallest absolute Gasteiger partial charge is 0.328 e. The number of rotatable bonds is 3. The SMILES string of the molecule is COc1cc(C=CC(=O)O)cc(O)c1O. The van der Waals surface area contributed by atoms with E-state index in [4.69, 9.17) is 9.84 Å². The van der Waals surface area contributed by atoms with Crippen molar-refractivity contribution in [2.75, 3.05) is 7.11 Å². The molecule has 0 unspecified atom stereocenters. The number of aliphatic carboxylic acids is 1. The van der Waals surface area contributed by atoms with Gasteiger partial charge in [-0.3, -0.25) is 0 Å². The Morgan fingerprint density at radius 1 is 1.40 bits per heavy atom. The third-order valence-electron chi connectivity index (χ3n) is 1.72. The molecule has 0 aliphatic heterocycles. The first kappa shape index (κ1) is 10.9. The molecule has 0 bridgehead atoms. The van der Waals surface area contributed by atoms with Crippen LogP contribution in [0.2, 0.25) is 0 Å². The average Bonchev–Trinajstić information content (AvgIpc) is 2.19. The molecule has 0 aliphatic rings. The summed E-state index contributed by atoms with van der Waals surface area (Å²) in [4.78, 5) is 10.2. The van der Waals surface area contributed by atoms with E-state index < -0.39 is 5.97 Å². The first-order valence-corrected chi connectivity index (χ1v) is 4.05. The molecule has 0 aliphatic carbocycles. The maximum Gasteiger partial charge on any atom is 0.328 e. The number of hydrogen-bond donors (Lipinski definition) is 3. The Morgan fingerprint density at radius 2 is 2.07 bits per heavy atom. The Bertz CT molecular complexity index is 409. The van der Waals surface area contributed by atoms with Gasteiger partial charge in [0.05, 0.1) is 7.11 Å². The molecule has 15 heavy (non-hydrogen) atoms. The second-order valence-electron chi connectivity index (χ2n) is 2.76. The Hall–Kier alpha value is -2.17. The van der Waals surface area contributed by atoms with Crippen LogP contribution in [0, 0.1) is 0 Å². The average molecular weight is 210 g/mol. The number of hydrogen-bond acceptors (Lipinski definition) is 4. The Kier molecular flexibility index (Phi) is 3.17. The molecule has 80 valence electrons. The molecule has 0 saturated carbocycles. The van der Waals surface area contributed by atoms with Crippen molar-refractivity contribution >= 4 is 12.0 Å². The van der Waals surface area contributed by atoms with Gasteiger partial charge in [-0.2, -0.15) is 0 Å². The zero-order valence-corrected chi connectivity index (χ0v) is 7.97. The first-order chi connectivity index (χ1) is 7.04. The zero-order chi connectivity index (χ0) is 11.4. The molecule has 0 fully saturated rings. The van der Waals surface area contributed by atoms with Crippen LogP contribution in [0.3, 0.4) is 0 Å². The van der Waals surface area contributed by atoms with Crippen molar-refractivity contribution in [2.45, 2.75) is 0 Å². The normalized spacial score (nSPS) is 10.5. The zero-order valence-electron chi connectivity index (χ0n) is 7.97. The van der Waals surface area contributed by atoms with Crippen LogP contribution in [0.25, 0.3) is 6.08 Å². The van der Waals surface area contributed by atoms with E-state index in [9.17, 15) is 15.0 Å². The molecule has 1 aromatic rings. The van der Waals surface area contributed by atoms with Crippen LogP contribution in [0.15, 0.2) is 18.2 Å². The van der Waals surface area contributed by atoms with E-state index in [2.05, 4.69) is 0 Å². The van der Waals surface area contributed by atoms with Gasteiger partial charge in [0.2, 0.25) is 5.75 Å². The van der Waals surface area contributed by atoms with Gasteiger partial charge >= 0.3 is 5.97 Å². The minimum absolute atomic E-state index is 0.0834. The molecule has 0 amide bonds. The summed E-state index contributed by atoms with van der Waals surface area (Å²) in [5, 5.41) is 26.9. The van der Waals surface area contributed by atoms with Gasteiger partial charge in [-0.25, -0.2) is 4.79 Å². The molecule has 0 aromatic heterocycles. The minimum Gasteiger partial charge on any atom is -0.504 e. The van der Waals surface area contributed by atoms with E-state index in [-0.39, 0.29) is 17.2 Å². The van der Waals surface area contributed by atoms with Gasteiger partial charge in [0, 0.05) is 6.08 Å². The lowest BCUT2D eigenvalue weighted by Gasteiger charge is -2.05. The molecular formula is C10H10O5. The summed E-state index contributed by atoms with van der Waals surface area (Å²) >= 11 is 0. The van der Waals surface area contributed by atoms with Crippen molar-refractivity contribution in [3.05, 3.63) is 23.8 Å². The monoisotopic (exact) mass is 210 g/mol. The van der Waals surface area contributed by atoms with Gasteiger partial charge in [0.25, 0.3) is 0 Å². The van der Waals surface area contributed by atoms with Crippen molar-refractivity contribution in [3.63, 3.8) is 0 Å². The molecule has 5 nitrogen and oxygen atoms in total. The van der Waals surface area contributed by atoms with Gasteiger partial charge in [-0.15, -0.1) is 0 Å². The maximum absolute atomic E-state index is 10.2. The summed E-state index contributed by atoms with van der Waals surface area (Å²) in [6.07, 6.45) is 2.20. The fraction of sp³-hybridized carbons (Fsp3) is 0.100. The predicted octanol–water partition coefficient (Wildman–Crippen LogP) is 1.20. The highest BCUT2D eigenvalue weighted by molar-refractivity contribution is 5.85. The highest BCUT2D eigenvalue weighted by Crippen LogP contribution is 2.36. The van der Waals surface area contributed by atoms with Crippen LogP contribution < -0.4 is 4.74 Å². The lowest BCUT2D eigenvalue weighted by molar-refractivity contribution is -0.131. The van der Waals surface area contributed by atoms with Crippen LogP contribution in [0.5, 0.6) is 17.2 Å². The second kappa shape index (κ2) is 4.36. The van der Waals surface area contributed by atoms with Crippen LogP contribution in [0.4, 0.5) is 0 Å². The molecule has 5 heteroatoms. The molecule has 0 atom stereocenters. The fourth-order valence-corrected chi connectivity index (χ4v) is 1.03. The highest BCUT2D eigenvalue weighted by atomic mass is 16.5. The summed E-state index contributed by atoms with van der Waals surface area (Å²) < 4.78 is 4.78. The predicted molar refractivity (Wildman–Crippen MR) is 53.0 cm³/mol. The molecule has 0 radical (unpaired) electrons. The highest BCUT2D eigenvalue weighted by Gasteiger charge is 2.08. The summed E-state index contributed by atoms with van der Waals surface area (Å²) in [6, 6.07) is 2.64. The Balaban J connectivity index is 3.11. The summed E-state index contributed by atoms with van der Waals surface area (Å²) in [5.41, 5.74) is 0.421. The van der Waals surface area contributed by atoms with Crippen molar-refractivity contribution in [1.82, 2.24) is 0 Å². The quantitative estimate of drug-likeness (QED) is 0.515. The number of ether oxygens (including phenoxy) is 1. The third-order valence-corrected chi connectivity index (χ3v) is 1.72. The van der Waals surface area contributed by atoms with E-state index in [1.807, 2.05) is 0 Å². The van der Waals surface area contributed by atoms with Gasteiger partial charge in [-0.05, 0) is 23.8 Å². The number of methoxy groups -OCH3 is 1. The van der Waals surface area contributed by atoms with E-state index >= 15 is 0 Å². The lowest BCUT2D eigenvalue weighted by atomic mass is 10.1. The standard InChI is InChI=1S/C10H10O5/c1-15-8-5-6(2-3-9(12)13)4-7(11)10(8)14/h2-5,11,14H,1H3,(H,12,13). The summed E-state index contributed by atoms with van der Waals surface area (Å²) in [7, 11) is 1.33. The molecule has 0 saturated heterocycles. The summed E-state index contributed by atoms with van der Waals surface area (Å²) in [5.74, 6) is -1.74. The van der Waals surface area contributed by atoms with E-state index in [1.165, 1.54) is 25.3 Å². The van der Waals surface area contributed by atoms with Gasteiger partial charge in [0.15, 0.2) is 11.5 Å². The van der Waals surface area contributed by atoms with Crippen molar-refractivity contribution in [1.29, 1.82) is 0 Å². The van der Waals surface area contributed by atoms with E-state index in [0.717, 1.165) is 6.08 Å². The fourth-order valence-electron chi connectivity index (χ4n) is 1.03. The first-order valence-electron chi connectivity index (χ1n) is 4.05. The summed E-state index contributed by atoms with van der Waals surface area (Å²) in [6.45, 7) is 0. The molecule has 1 aromatic carbocycles. The number of aromatic hydroxyl groups is 2. The van der Waals surface area contributed by atoms with Crippen LogP contribution in [-0.4, -0.2) is 28.4 Å². The lowest BCUT2D eigenvalue weighted by Crippen LogP contribution is -1.88. The molecule has 3 N–H and O–H groups in total. The van der Waals surface area contributed by atoms with Crippen molar-refractivity contribution in [3.8, 4) is 17.2 Å². The van der Waals surface area contributed by atoms with Crippen molar-refractivity contribution in [2.24, 2.45) is 0 Å². The van der Waals surface area contributed by atoms with E-state index in [0.29, 0.717) is 5.56 Å². The Labute approximate surface area is 85.9 Å². The number of benzene rings is 1. The van der Waals surface area contributed by atoms with Gasteiger partial charge in [0.1, 0.15) is 0 Å². The van der Waals surface area contributed by atoms with E-state index in [1.54, 1.807) is 0 Å². The Morgan fingerprint density at radius 3 is 2.60 bits per heavy atom. The van der Waals surface area contributed by atoms with Crippen LogP contribution in [0.1, 0.15) is 5.56 Å². The second-order valence-corrected chi connectivity index (χ2v) is 2.76. The van der Waals surface area contributed by atoms with Gasteiger partial charge < -0.3 is 20.1 Å². The minimum atomic E-state index is -1.10. The largest absolute Gasteiger partial charge is 0.504 e.